The van der Waals surface area contributed by atoms with Gasteiger partial charge in [0.1, 0.15) is 0 Å². The summed E-state index contributed by atoms with van der Waals surface area (Å²) in [7, 11) is 0. The summed E-state index contributed by atoms with van der Waals surface area (Å²) >= 11 is 0. The van der Waals surface area contributed by atoms with E-state index >= 15 is 0 Å². The quantitative estimate of drug-likeness (QED) is 0.165. The van der Waals surface area contributed by atoms with E-state index in [1.54, 1.807) is 0 Å². The fourth-order valence-corrected chi connectivity index (χ4v) is 6.01. The van der Waals surface area contributed by atoms with Gasteiger partial charge in [-0.3, -0.25) is 0 Å². The first-order chi connectivity index (χ1) is 16.1. The van der Waals surface area contributed by atoms with Crippen molar-refractivity contribution in [3.8, 4) is 0 Å². The van der Waals surface area contributed by atoms with Crippen molar-refractivity contribution >= 4 is 0 Å². The zero-order valence-corrected chi connectivity index (χ0v) is 20.8. The van der Waals surface area contributed by atoms with E-state index in [0.717, 1.165) is 37.5 Å². The molecule has 0 aliphatic heterocycles. The van der Waals surface area contributed by atoms with Crippen LogP contribution in [-0.4, -0.2) is 0 Å². The summed E-state index contributed by atoms with van der Waals surface area (Å²) in [5.74, 6) is -1.09. The number of unbranched alkanes of at least 4 members (excludes halogenated alkanes) is 7. The molecule has 0 heterocycles. The van der Waals surface area contributed by atoms with Gasteiger partial charge in [-0.15, -0.1) is 0 Å². The summed E-state index contributed by atoms with van der Waals surface area (Å²) in [4.78, 5) is 0. The second-order valence-corrected chi connectivity index (χ2v) is 10.8. The molecular formula is C30H45F3. The van der Waals surface area contributed by atoms with Crippen LogP contribution >= 0.6 is 0 Å². The second kappa shape index (κ2) is 14.2. The van der Waals surface area contributed by atoms with Crippen LogP contribution in [0.2, 0.25) is 0 Å². The van der Waals surface area contributed by atoms with Crippen molar-refractivity contribution in [3.05, 3.63) is 47.3 Å². The smallest absolute Gasteiger partial charge is 0.194 e. The maximum Gasteiger partial charge on any atom is 0.194 e. The van der Waals surface area contributed by atoms with Crippen LogP contribution in [-0.2, 0) is 0 Å². The molecule has 0 radical (unpaired) electrons. The monoisotopic (exact) mass is 462 g/mol. The van der Waals surface area contributed by atoms with Crippen LogP contribution in [0.15, 0.2) is 24.3 Å². The molecule has 0 spiro atoms. The number of hydrogen-bond donors (Lipinski definition) is 0. The third-order valence-corrected chi connectivity index (χ3v) is 8.26. The standard InChI is InChI=1S/C30H45F3/c1-2-3-4-5-6-7-8-9-10-23-11-13-24(14-12-23)15-16-25-17-19-26(20-18-25)27-21-28(31)30(33)29(32)22-27/h15-16,21-26H,2-14,17-20H2,1H3/b16-15+. The van der Waals surface area contributed by atoms with Crippen LogP contribution in [0.4, 0.5) is 13.2 Å². The van der Waals surface area contributed by atoms with Crippen LogP contribution < -0.4 is 0 Å². The van der Waals surface area contributed by atoms with Gasteiger partial charge >= 0.3 is 0 Å². The summed E-state index contributed by atoms with van der Waals surface area (Å²) < 4.78 is 40.3. The molecule has 2 aliphatic rings. The molecule has 0 nitrogen and oxygen atoms in total. The molecule has 1 aromatic rings. The van der Waals surface area contributed by atoms with Crippen molar-refractivity contribution in [2.75, 3.05) is 0 Å². The summed E-state index contributed by atoms with van der Waals surface area (Å²) in [5, 5.41) is 0. The summed E-state index contributed by atoms with van der Waals surface area (Å²) in [6.07, 6.45) is 27.0. The molecule has 3 heteroatoms. The van der Waals surface area contributed by atoms with Gasteiger partial charge in [0.05, 0.1) is 0 Å². The number of rotatable bonds is 12. The van der Waals surface area contributed by atoms with Crippen LogP contribution in [0.1, 0.15) is 128 Å². The maximum absolute atomic E-state index is 13.6. The lowest BCUT2D eigenvalue weighted by atomic mass is 9.76. The highest BCUT2D eigenvalue weighted by Crippen LogP contribution is 2.38. The molecule has 2 saturated carbocycles. The van der Waals surface area contributed by atoms with Gasteiger partial charge in [0.2, 0.25) is 0 Å². The molecule has 186 valence electrons. The SMILES string of the molecule is CCCCCCCCCCC1CCC(/C=C/C2CCC(c3cc(F)c(F)c(F)c3)CC2)CC1. The molecule has 2 fully saturated rings. The minimum atomic E-state index is -1.36. The van der Waals surface area contributed by atoms with Gasteiger partial charge in [0, 0.05) is 0 Å². The van der Waals surface area contributed by atoms with E-state index in [2.05, 4.69) is 19.1 Å². The van der Waals surface area contributed by atoms with E-state index in [1.165, 1.54) is 95.6 Å². The molecule has 0 amide bonds. The summed E-state index contributed by atoms with van der Waals surface area (Å²) in [5.41, 5.74) is 0.614. The van der Waals surface area contributed by atoms with Crippen molar-refractivity contribution in [1.82, 2.24) is 0 Å². The minimum Gasteiger partial charge on any atom is -0.204 e. The lowest BCUT2D eigenvalue weighted by Crippen LogP contribution is -2.15. The molecule has 0 saturated heterocycles. The Hall–Kier alpha value is -1.25. The summed E-state index contributed by atoms with van der Waals surface area (Å²) in [6.45, 7) is 2.28. The number of halogens is 3. The van der Waals surface area contributed by atoms with Crippen LogP contribution in [0.5, 0.6) is 0 Å². The first-order valence-corrected chi connectivity index (χ1v) is 13.9. The molecule has 0 N–H and O–H groups in total. The molecule has 0 atom stereocenters. The minimum absolute atomic E-state index is 0.144. The summed E-state index contributed by atoms with van der Waals surface area (Å²) in [6, 6.07) is 2.37. The second-order valence-electron chi connectivity index (χ2n) is 10.8. The highest BCUT2D eigenvalue weighted by atomic mass is 19.2. The van der Waals surface area contributed by atoms with Gasteiger partial charge in [-0.05, 0) is 92.7 Å². The predicted octanol–water partition coefficient (Wildman–Crippen LogP) is 10.3. The molecule has 0 aromatic heterocycles. The van der Waals surface area contributed by atoms with E-state index in [-0.39, 0.29) is 5.92 Å². The fourth-order valence-electron chi connectivity index (χ4n) is 6.01. The van der Waals surface area contributed by atoms with E-state index < -0.39 is 17.5 Å². The molecular weight excluding hydrogens is 417 g/mol. The number of hydrogen-bond acceptors (Lipinski definition) is 0. The Balaban J connectivity index is 1.28. The molecule has 0 bridgehead atoms. The maximum atomic E-state index is 13.6. The Bertz CT molecular complexity index is 686. The van der Waals surface area contributed by atoms with Crippen LogP contribution in [0.3, 0.4) is 0 Å². The van der Waals surface area contributed by atoms with E-state index in [9.17, 15) is 13.2 Å². The first kappa shape index (κ1) is 26.4. The van der Waals surface area contributed by atoms with Gasteiger partial charge in [0.15, 0.2) is 17.5 Å². The van der Waals surface area contributed by atoms with Gasteiger partial charge < -0.3 is 0 Å². The molecule has 33 heavy (non-hydrogen) atoms. The van der Waals surface area contributed by atoms with E-state index in [1.807, 2.05) is 0 Å². The van der Waals surface area contributed by atoms with E-state index in [4.69, 9.17) is 0 Å². The Labute approximate surface area is 200 Å². The number of benzene rings is 1. The predicted molar refractivity (Wildman–Crippen MR) is 133 cm³/mol. The van der Waals surface area contributed by atoms with Crippen molar-refractivity contribution in [2.24, 2.45) is 17.8 Å². The average Bonchev–Trinajstić information content (AvgIpc) is 2.83. The average molecular weight is 463 g/mol. The lowest BCUT2D eigenvalue weighted by molar-refractivity contribution is 0.287. The molecule has 3 rings (SSSR count). The first-order valence-electron chi connectivity index (χ1n) is 13.9. The highest BCUT2D eigenvalue weighted by molar-refractivity contribution is 5.23. The van der Waals surface area contributed by atoms with Crippen molar-refractivity contribution in [3.63, 3.8) is 0 Å². The fraction of sp³-hybridized carbons (Fsp3) is 0.733. The Morgan fingerprint density at radius 1 is 0.667 bits per heavy atom. The third kappa shape index (κ3) is 8.80. The zero-order chi connectivity index (χ0) is 23.5. The Morgan fingerprint density at radius 2 is 1.15 bits per heavy atom. The molecule has 1 aromatic carbocycles. The highest BCUT2D eigenvalue weighted by Gasteiger charge is 2.24. The largest absolute Gasteiger partial charge is 0.204 e. The van der Waals surface area contributed by atoms with Gasteiger partial charge in [-0.25, -0.2) is 13.2 Å². The molecule has 2 aliphatic carbocycles. The lowest BCUT2D eigenvalue weighted by Gasteiger charge is -2.29. The zero-order valence-electron chi connectivity index (χ0n) is 20.8. The van der Waals surface area contributed by atoms with Crippen molar-refractivity contribution in [2.45, 2.75) is 122 Å². The Kier molecular flexibility index (Phi) is 11.4. The normalized spacial score (nSPS) is 26.2. The Morgan fingerprint density at radius 3 is 1.70 bits per heavy atom. The molecule has 0 unspecified atom stereocenters. The van der Waals surface area contributed by atoms with Crippen LogP contribution in [0, 0.1) is 35.2 Å². The van der Waals surface area contributed by atoms with Crippen molar-refractivity contribution in [1.29, 1.82) is 0 Å². The van der Waals surface area contributed by atoms with E-state index in [0.29, 0.717) is 11.5 Å². The van der Waals surface area contributed by atoms with Crippen molar-refractivity contribution < 1.29 is 13.2 Å². The van der Waals surface area contributed by atoms with Gasteiger partial charge in [-0.1, -0.05) is 76.9 Å². The van der Waals surface area contributed by atoms with Gasteiger partial charge in [0.25, 0.3) is 0 Å². The third-order valence-electron chi connectivity index (χ3n) is 8.26. The number of allylic oxidation sites excluding steroid dienone is 2. The van der Waals surface area contributed by atoms with Crippen LogP contribution in [0.25, 0.3) is 0 Å². The topological polar surface area (TPSA) is 0 Å². The van der Waals surface area contributed by atoms with Gasteiger partial charge in [-0.2, -0.15) is 0 Å².